The van der Waals surface area contributed by atoms with Gasteiger partial charge in [0, 0.05) is 6.54 Å². The van der Waals surface area contributed by atoms with Crippen LogP contribution in [0.3, 0.4) is 0 Å². The van der Waals surface area contributed by atoms with Gasteiger partial charge in [-0.1, -0.05) is 12.1 Å². The SMILES string of the molecule is COc1ccc(OCCCCn2c(=O)oc(=O)c3cccc(C)c32)cc1. The first-order valence-corrected chi connectivity index (χ1v) is 8.50. The molecule has 0 amide bonds. The monoisotopic (exact) mass is 355 g/mol. The van der Waals surface area contributed by atoms with Crippen molar-refractivity contribution in [2.24, 2.45) is 0 Å². The maximum atomic E-state index is 12.1. The van der Waals surface area contributed by atoms with Gasteiger partial charge in [0.1, 0.15) is 11.5 Å². The van der Waals surface area contributed by atoms with E-state index in [1.807, 2.05) is 37.3 Å². The standard InChI is InChI=1S/C20H21NO5/c1-14-6-5-7-17-18(14)21(20(23)26-19(17)22)12-3-4-13-25-16-10-8-15(24-2)9-11-16/h5-11H,3-4,12-13H2,1-2H3. The second-order valence-corrected chi connectivity index (χ2v) is 6.01. The second kappa shape index (κ2) is 7.91. The summed E-state index contributed by atoms with van der Waals surface area (Å²) in [5.41, 5.74) is 0.930. The Morgan fingerprint density at radius 1 is 1.00 bits per heavy atom. The Morgan fingerprint density at radius 2 is 1.73 bits per heavy atom. The van der Waals surface area contributed by atoms with Crippen LogP contribution in [0.15, 0.2) is 56.5 Å². The average Bonchev–Trinajstić information content (AvgIpc) is 2.64. The summed E-state index contributed by atoms with van der Waals surface area (Å²) in [6, 6.07) is 12.7. The molecule has 1 heterocycles. The minimum Gasteiger partial charge on any atom is -0.497 e. The Labute approximate surface area is 150 Å². The largest absolute Gasteiger partial charge is 0.497 e. The van der Waals surface area contributed by atoms with Crippen LogP contribution in [0.2, 0.25) is 0 Å². The van der Waals surface area contributed by atoms with E-state index in [-0.39, 0.29) is 0 Å². The topological polar surface area (TPSA) is 70.7 Å². The van der Waals surface area contributed by atoms with Crippen LogP contribution in [0.4, 0.5) is 0 Å². The first-order chi connectivity index (χ1) is 12.6. The van der Waals surface area contributed by atoms with Crippen molar-refractivity contribution in [1.29, 1.82) is 0 Å². The summed E-state index contributed by atoms with van der Waals surface area (Å²) < 4.78 is 17.2. The molecule has 26 heavy (non-hydrogen) atoms. The number of aromatic nitrogens is 1. The molecule has 3 rings (SSSR count). The average molecular weight is 355 g/mol. The number of aryl methyl sites for hydroxylation is 2. The van der Waals surface area contributed by atoms with Gasteiger partial charge in [0.05, 0.1) is 24.6 Å². The van der Waals surface area contributed by atoms with Crippen LogP contribution < -0.4 is 20.9 Å². The van der Waals surface area contributed by atoms with Gasteiger partial charge < -0.3 is 13.9 Å². The fraction of sp³-hybridized carbons (Fsp3) is 0.300. The summed E-state index contributed by atoms with van der Waals surface area (Å²) in [6.45, 7) is 2.88. The Balaban J connectivity index is 1.63. The highest BCUT2D eigenvalue weighted by atomic mass is 16.5. The van der Waals surface area contributed by atoms with Gasteiger partial charge in [-0.3, -0.25) is 4.57 Å². The predicted octanol–water partition coefficient (Wildman–Crippen LogP) is 3.13. The molecule has 0 atom stereocenters. The fourth-order valence-electron chi connectivity index (χ4n) is 2.90. The zero-order chi connectivity index (χ0) is 18.5. The number of nitrogens with zero attached hydrogens (tertiary/aromatic N) is 1. The molecular weight excluding hydrogens is 334 g/mol. The summed E-state index contributed by atoms with van der Waals surface area (Å²) in [7, 11) is 1.62. The molecule has 0 N–H and O–H groups in total. The zero-order valence-corrected chi connectivity index (χ0v) is 14.9. The smallest absolute Gasteiger partial charge is 0.422 e. The Morgan fingerprint density at radius 3 is 2.46 bits per heavy atom. The molecule has 0 bridgehead atoms. The van der Waals surface area contributed by atoms with Crippen molar-refractivity contribution >= 4 is 10.9 Å². The third kappa shape index (κ3) is 3.79. The molecule has 6 nitrogen and oxygen atoms in total. The van der Waals surface area contributed by atoms with Crippen molar-refractivity contribution in [2.75, 3.05) is 13.7 Å². The molecular formula is C20H21NO5. The highest BCUT2D eigenvalue weighted by molar-refractivity contribution is 5.80. The van der Waals surface area contributed by atoms with Crippen LogP contribution in [0, 0.1) is 6.92 Å². The first-order valence-electron chi connectivity index (χ1n) is 8.50. The highest BCUT2D eigenvalue weighted by Crippen LogP contribution is 2.17. The van der Waals surface area contributed by atoms with Crippen molar-refractivity contribution in [3.05, 3.63) is 69.0 Å². The summed E-state index contributed by atoms with van der Waals surface area (Å²) in [5, 5.41) is 0.430. The van der Waals surface area contributed by atoms with Crippen LogP contribution >= 0.6 is 0 Å². The summed E-state index contributed by atoms with van der Waals surface area (Å²) in [5.74, 6) is 0.937. The van der Waals surface area contributed by atoms with Gasteiger partial charge in [-0.05, 0) is 55.7 Å². The van der Waals surface area contributed by atoms with Gasteiger partial charge in [0.2, 0.25) is 0 Å². The highest BCUT2D eigenvalue weighted by Gasteiger charge is 2.11. The number of para-hydroxylation sites is 1. The quantitative estimate of drug-likeness (QED) is 0.609. The fourth-order valence-corrected chi connectivity index (χ4v) is 2.90. The third-order valence-corrected chi connectivity index (χ3v) is 4.23. The zero-order valence-electron chi connectivity index (χ0n) is 14.9. The van der Waals surface area contributed by atoms with Gasteiger partial charge in [-0.2, -0.15) is 0 Å². The molecule has 136 valence electrons. The molecule has 0 aliphatic heterocycles. The lowest BCUT2D eigenvalue weighted by molar-refractivity contribution is 0.300. The van der Waals surface area contributed by atoms with Crippen molar-refractivity contribution in [3.8, 4) is 11.5 Å². The van der Waals surface area contributed by atoms with E-state index in [1.54, 1.807) is 19.2 Å². The molecule has 0 spiro atoms. The molecule has 0 saturated heterocycles. The molecule has 2 aromatic carbocycles. The van der Waals surface area contributed by atoms with Crippen molar-refractivity contribution < 1.29 is 13.9 Å². The second-order valence-electron chi connectivity index (χ2n) is 6.01. The Bertz CT molecular complexity index is 1000. The molecule has 3 aromatic rings. The number of hydrogen-bond acceptors (Lipinski definition) is 5. The van der Waals surface area contributed by atoms with Crippen molar-refractivity contribution in [1.82, 2.24) is 4.57 Å². The minimum absolute atomic E-state index is 0.430. The first kappa shape index (κ1) is 17.8. The van der Waals surface area contributed by atoms with E-state index < -0.39 is 11.4 Å². The summed E-state index contributed by atoms with van der Waals surface area (Å²) in [6.07, 6.45) is 1.50. The number of rotatable bonds is 7. The molecule has 0 fully saturated rings. The van der Waals surface area contributed by atoms with E-state index in [0.29, 0.717) is 24.1 Å². The summed E-state index contributed by atoms with van der Waals surface area (Å²) in [4.78, 5) is 24.0. The van der Waals surface area contributed by atoms with E-state index in [9.17, 15) is 9.59 Å². The van der Waals surface area contributed by atoms with Crippen molar-refractivity contribution in [3.63, 3.8) is 0 Å². The number of hydrogen-bond donors (Lipinski definition) is 0. The van der Waals surface area contributed by atoms with E-state index >= 15 is 0 Å². The summed E-state index contributed by atoms with van der Waals surface area (Å²) >= 11 is 0. The van der Waals surface area contributed by atoms with Crippen LogP contribution in [0.5, 0.6) is 11.5 Å². The molecule has 0 saturated carbocycles. The van der Waals surface area contributed by atoms with Crippen LogP contribution in [-0.4, -0.2) is 18.3 Å². The molecule has 0 unspecified atom stereocenters. The minimum atomic E-state index is -0.618. The molecule has 6 heteroatoms. The van der Waals surface area contributed by atoms with Gasteiger partial charge in [-0.25, -0.2) is 9.59 Å². The number of benzene rings is 2. The third-order valence-electron chi connectivity index (χ3n) is 4.23. The van der Waals surface area contributed by atoms with Crippen LogP contribution in [0.25, 0.3) is 10.9 Å². The van der Waals surface area contributed by atoms with E-state index in [1.165, 1.54) is 4.57 Å². The number of fused-ring (bicyclic) bond motifs is 1. The molecule has 0 radical (unpaired) electrons. The van der Waals surface area contributed by atoms with Gasteiger partial charge in [0.15, 0.2) is 0 Å². The van der Waals surface area contributed by atoms with Crippen LogP contribution in [0.1, 0.15) is 18.4 Å². The molecule has 0 aliphatic carbocycles. The lowest BCUT2D eigenvalue weighted by Gasteiger charge is -2.11. The van der Waals surface area contributed by atoms with E-state index in [0.717, 1.165) is 29.9 Å². The maximum Gasteiger partial charge on any atom is 0.422 e. The van der Waals surface area contributed by atoms with Crippen molar-refractivity contribution in [2.45, 2.75) is 26.3 Å². The predicted molar refractivity (Wildman–Crippen MR) is 99.2 cm³/mol. The van der Waals surface area contributed by atoms with Gasteiger partial charge in [-0.15, -0.1) is 0 Å². The van der Waals surface area contributed by atoms with Gasteiger partial charge in [0.25, 0.3) is 0 Å². The maximum absolute atomic E-state index is 12.1. The van der Waals surface area contributed by atoms with E-state index in [2.05, 4.69) is 0 Å². The Kier molecular flexibility index (Phi) is 5.41. The Hall–Kier alpha value is -3.02. The lowest BCUT2D eigenvalue weighted by atomic mass is 10.1. The number of methoxy groups -OCH3 is 1. The molecule has 1 aromatic heterocycles. The number of ether oxygens (including phenoxy) is 2. The normalized spacial score (nSPS) is 10.8. The lowest BCUT2D eigenvalue weighted by Crippen LogP contribution is -2.25. The van der Waals surface area contributed by atoms with E-state index in [4.69, 9.17) is 13.9 Å². The molecule has 0 aliphatic rings. The van der Waals surface area contributed by atoms with Gasteiger partial charge >= 0.3 is 11.4 Å². The number of unbranched alkanes of at least 4 members (excludes halogenated alkanes) is 1. The van der Waals surface area contributed by atoms with Crippen LogP contribution in [-0.2, 0) is 6.54 Å².